The standard InChI is InChI=1S/C10H20N2O3S/c1-12(5-4-9(11)16)10(13)8-15-7-3-6-14-2/h3-8H2,1-2H3,(H2,11,16). The number of rotatable bonds is 9. The summed E-state index contributed by atoms with van der Waals surface area (Å²) in [5.74, 6) is -0.0614. The minimum Gasteiger partial charge on any atom is -0.393 e. The maximum absolute atomic E-state index is 11.5. The summed E-state index contributed by atoms with van der Waals surface area (Å²) in [6.07, 6.45) is 1.33. The summed E-state index contributed by atoms with van der Waals surface area (Å²) in [4.78, 5) is 13.5. The maximum atomic E-state index is 11.5. The van der Waals surface area contributed by atoms with Crippen LogP contribution in [-0.2, 0) is 14.3 Å². The quantitative estimate of drug-likeness (QED) is 0.465. The molecule has 0 aliphatic carbocycles. The number of hydrogen-bond acceptors (Lipinski definition) is 4. The van der Waals surface area contributed by atoms with E-state index in [0.717, 1.165) is 6.42 Å². The van der Waals surface area contributed by atoms with Crippen LogP contribution in [0.3, 0.4) is 0 Å². The molecule has 0 heterocycles. The highest BCUT2D eigenvalue weighted by atomic mass is 32.1. The molecular weight excluding hydrogens is 228 g/mol. The SMILES string of the molecule is COCCCOCC(=O)N(C)CCC(N)=S. The molecule has 0 aliphatic rings. The minimum atomic E-state index is -0.0614. The highest BCUT2D eigenvalue weighted by molar-refractivity contribution is 7.80. The maximum Gasteiger partial charge on any atom is 0.248 e. The van der Waals surface area contributed by atoms with Gasteiger partial charge in [-0.25, -0.2) is 0 Å². The third-order valence-corrected chi connectivity index (χ3v) is 2.19. The van der Waals surface area contributed by atoms with Crippen molar-refractivity contribution >= 4 is 23.1 Å². The summed E-state index contributed by atoms with van der Waals surface area (Å²) in [7, 11) is 3.34. The first-order chi connectivity index (χ1) is 7.57. The first kappa shape index (κ1) is 15.3. The van der Waals surface area contributed by atoms with Crippen LogP contribution in [0, 0.1) is 0 Å². The number of carbonyl (C=O) groups excluding carboxylic acids is 1. The van der Waals surface area contributed by atoms with Crippen LogP contribution < -0.4 is 5.73 Å². The van der Waals surface area contributed by atoms with E-state index in [4.69, 9.17) is 27.4 Å². The van der Waals surface area contributed by atoms with E-state index in [9.17, 15) is 4.79 Å². The Morgan fingerprint density at radius 3 is 2.69 bits per heavy atom. The lowest BCUT2D eigenvalue weighted by Crippen LogP contribution is -2.33. The van der Waals surface area contributed by atoms with E-state index < -0.39 is 0 Å². The fourth-order valence-corrected chi connectivity index (χ4v) is 1.07. The fourth-order valence-electron chi connectivity index (χ4n) is 0.978. The smallest absolute Gasteiger partial charge is 0.248 e. The Balaban J connectivity index is 3.51. The third kappa shape index (κ3) is 8.58. The third-order valence-electron chi connectivity index (χ3n) is 1.98. The summed E-state index contributed by atoms with van der Waals surface area (Å²) in [6.45, 7) is 1.81. The molecule has 0 aliphatic heterocycles. The molecule has 0 aromatic heterocycles. The van der Waals surface area contributed by atoms with E-state index in [-0.39, 0.29) is 12.5 Å². The molecule has 0 saturated carbocycles. The summed E-state index contributed by atoms with van der Waals surface area (Å²) in [5.41, 5.74) is 5.34. The van der Waals surface area contributed by atoms with Gasteiger partial charge in [-0.05, 0) is 6.42 Å². The Morgan fingerprint density at radius 2 is 2.12 bits per heavy atom. The first-order valence-electron chi connectivity index (χ1n) is 5.17. The van der Waals surface area contributed by atoms with Gasteiger partial charge in [-0.1, -0.05) is 12.2 Å². The fraction of sp³-hybridized carbons (Fsp3) is 0.800. The van der Waals surface area contributed by atoms with E-state index >= 15 is 0 Å². The van der Waals surface area contributed by atoms with Crippen LogP contribution in [0.25, 0.3) is 0 Å². The zero-order valence-corrected chi connectivity index (χ0v) is 10.7. The van der Waals surface area contributed by atoms with Crippen molar-refractivity contribution in [2.75, 3.05) is 40.5 Å². The van der Waals surface area contributed by atoms with Gasteiger partial charge in [-0.2, -0.15) is 0 Å². The molecule has 0 spiro atoms. The second-order valence-corrected chi connectivity index (χ2v) is 3.95. The van der Waals surface area contributed by atoms with Crippen molar-refractivity contribution in [2.24, 2.45) is 5.73 Å². The molecule has 0 unspecified atom stereocenters. The van der Waals surface area contributed by atoms with Crippen LogP contribution in [0.5, 0.6) is 0 Å². The van der Waals surface area contributed by atoms with Crippen LogP contribution in [0.2, 0.25) is 0 Å². The lowest BCUT2D eigenvalue weighted by molar-refractivity contribution is -0.134. The Bertz CT molecular complexity index is 224. The van der Waals surface area contributed by atoms with Gasteiger partial charge >= 0.3 is 0 Å². The molecule has 1 amide bonds. The Kier molecular flexibility index (Phi) is 9.07. The van der Waals surface area contributed by atoms with Crippen LogP contribution in [0.4, 0.5) is 0 Å². The lowest BCUT2D eigenvalue weighted by atomic mass is 10.4. The van der Waals surface area contributed by atoms with Gasteiger partial charge in [0.25, 0.3) is 0 Å². The number of likely N-dealkylation sites (N-methyl/N-ethyl adjacent to an activating group) is 1. The Morgan fingerprint density at radius 1 is 1.44 bits per heavy atom. The van der Waals surface area contributed by atoms with Crippen LogP contribution in [0.1, 0.15) is 12.8 Å². The van der Waals surface area contributed by atoms with Gasteiger partial charge in [0, 0.05) is 40.3 Å². The molecule has 0 saturated heterocycles. The van der Waals surface area contributed by atoms with Gasteiger partial charge in [0.1, 0.15) is 6.61 Å². The van der Waals surface area contributed by atoms with Crippen molar-refractivity contribution in [3.8, 4) is 0 Å². The molecule has 0 atom stereocenters. The van der Waals surface area contributed by atoms with E-state index in [1.54, 1.807) is 19.1 Å². The monoisotopic (exact) mass is 248 g/mol. The molecule has 0 fully saturated rings. The lowest BCUT2D eigenvalue weighted by Gasteiger charge is -2.16. The summed E-state index contributed by atoms with van der Waals surface area (Å²) < 4.78 is 10.0. The second-order valence-electron chi connectivity index (χ2n) is 3.43. The minimum absolute atomic E-state index is 0.0614. The molecule has 0 aromatic rings. The molecule has 0 bridgehead atoms. The van der Waals surface area contributed by atoms with E-state index in [1.165, 1.54) is 0 Å². The number of methoxy groups -OCH3 is 1. The van der Waals surface area contributed by atoms with E-state index in [1.807, 2.05) is 0 Å². The van der Waals surface area contributed by atoms with Crippen LogP contribution >= 0.6 is 12.2 Å². The second kappa shape index (κ2) is 9.50. The topological polar surface area (TPSA) is 64.8 Å². The van der Waals surface area contributed by atoms with Crippen molar-refractivity contribution in [3.63, 3.8) is 0 Å². The van der Waals surface area contributed by atoms with E-state index in [2.05, 4.69) is 0 Å². The highest BCUT2D eigenvalue weighted by Crippen LogP contribution is 1.91. The zero-order chi connectivity index (χ0) is 12.4. The van der Waals surface area contributed by atoms with Crippen molar-refractivity contribution < 1.29 is 14.3 Å². The summed E-state index contributed by atoms with van der Waals surface area (Å²) >= 11 is 4.73. The molecule has 2 N–H and O–H groups in total. The molecule has 0 aromatic carbocycles. The normalized spacial score (nSPS) is 10.1. The predicted octanol–water partition coefficient (Wildman–Crippen LogP) is 0.174. The molecule has 94 valence electrons. The number of nitrogens with two attached hydrogens (primary N) is 1. The van der Waals surface area contributed by atoms with Gasteiger partial charge in [-0.15, -0.1) is 0 Å². The van der Waals surface area contributed by atoms with Crippen LogP contribution in [-0.4, -0.2) is 56.3 Å². The van der Waals surface area contributed by atoms with Crippen molar-refractivity contribution in [1.29, 1.82) is 0 Å². The van der Waals surface area contributed by atoms with Crippen LogP contribution in [0.15, 0.2) is 0 Å². The largest absolute Gasteiger partial charge is 0.393 e. The van der Waals surface area contributed by atoms with Gasteiger partial charge in [0.05, 0.1) is 4.99 Å². The number of carbonyl (C=O) groups is 1. The average molecular weight is 248 g/mol. The number of ether oxygens (including phenoxy) is 2. The van der Waals surface area contributed by atoms with Gasteiger partial charge in [-0.3, -0.25) is 4.79 Å². The number of thiocarbonyl (C=S) groups is 1. The predicted molar refractivity (Wildman–Crippen MR) is 66.4 cm³/mol. The number of nitrogens with zero attached hydrogens (tertiary/aromatic N) is 1. The molecule has 0 radical (unpaired) electrons. The first-order valence-corrected chi connectivity index (χ1v) is 5.57. The van der Waals surface area contributed by atoms with Crippen molar-refractivity contribution in [2.45, 2.75) is 12.8 Å². The van der Waals surface area contributed by atoms with Gasteiger partial charge in [0.15, 0.2) is 0 Å². The number of hydrogen-bond donors (Lipinski definition) is 1. The molecule has 16 heavy (non-hydrogen) atoms. The van der Waals surface area contributed by atoms with Crippen molar-refractivity contribution in [3.05, 3.63) is 0 Å². The molecule has 5 nitrogen and oxygen atoms in total. The molecule has 0 rings (SSSR count). The Hall–Kier alpha value is -0.720. The summed E-state index contributed by atoms with van der Waals surface area (Å²) in [6, 6.07) is 0. The van der Waals surface area contributed by atoms with Gasteiger partial charge < -0.3 is 20.1 Å². The van der Waals surface area contributed by atoms with E-state index in [0.29, 0.717) is 31.2 Å². The Labute approximate surface area is 102 Å². The van der Waals surface area contributed by atoms with Crippen molar-refractivity contribution in [1.82, 2.24) is 4.90 Å². The zero-order valence-electron chi connectivity index (χ0n) is 9.90. The average Bonchev–Trinajstić information content (AvgIpc) is 2.25. The van der Waals surface area contributed by atoms with Gasteiger partial charge in [0.2, 0.25) is 5.91 Å². The number of amides is 1. The molecule has 6 heteroatoms. The highest BCUT2D eigenvalue weighted by Gasteiger charge is 2.08. The molecular formula is C10H20N2O3S. The summed E-state index contributed by atoms with van der Waals surface area (Å²) in [5, 5.41) is 0.